The second kappa shape index (κ2) is 11.1. The maximum Gasteiger partial charge on any atom is 0.410 e. The van der Waals surface area contributed by atoms with E-state index in [1.165, 1.54) is 17.3 Å². The summed E-state index contributed by atoms with van der Waals surface area (Å²) in [6.45, 7) is 8.82. The summed E-state index contributed by atoms with van der Waals surface area (Å²) in [7, 11) is 0. The monoisotopic (exact) mass is 417 g/mol. The first-order valence-corrected chi connectivity index (χ1v) is 11.1. The van der Waals surface area contributed by atoms with E-state index in [4.69, 9.17) is 10.00 Å². The molecule has 1 aromatic carbocycles. The van der Waals surface area contributed by atoms with E-state index in [0.29, 0.717) is 11.1 Å². The average Bonchev–Trinajstić information content (AvgIpc) is 2.68. The number of carbonyl (C=O) groups is 1. The van der Waals surface area contributed by atoms with Gasteiger partial charge in [-0.1, -0.05) is 23.9 Å². The Hall–Kier alpha value is -2.24. The van der Waals surface area contributed by atoms with Gasteiger partial charge in [0.25, 0.3) is 0 Å². The summed E-state index contributed by atoms with van der Waals surface area (Å²) in [6, 6.07) is 7.95. The van der Waals surface area contributed by atoms with Gasteiger partial charge in [-0.05, 0) is 70.0 Å². The molecule has 1 amide bonds. The van der Waals surface area contributed by atoms with Crippen LogP contribution in [0.5, 0.6) is 0 Å². The van der Waals surface area contributed by atoms with Crippen LogP contribution >= 0.6 is 11.8 Å². The Kier molecular flexibility index (Phi) is 8.80. The Morgan fingerprint density at radius 2 is 2.10 bits per heavy atom. The van der Waals surface area contributed by atoms with Crippen LogP contribution in [0.15, 0.2) is 29.3 Å². The second-order valence-electron chi connectivity index (χ2n) is 8.09. The van der Waals surface area contributed by atoms with Crippen LogP contribution in [-0.2, 0) is 11.3 Å². The number of amides is 1. The molecule has 29 heavy (non-hydrogen) atoms. The third-order valence-corrected chi connectivity index (χ3v) is 5.04. The standard InChI is InChI=1S/C21H31N5O2S/c1-21(2,3)28-20(27)26-11-5-6-17(14-26)13-23-12-16-7-9-18(10-8-16)25-19(29-4)24-15-22/h7-10,17,23H,5-6,11-14H2,1-4H3,(H,24,25). The number of benzene rings is 1. The minimum atomic E-state index is -0.459. The van der Waals surface area contributed by atoms with Gasteiger partial charge in [-0.3, -0.25) is 5.32 Å². The number of rotatable bonds is 5. The molecule has 1 aliphatic heterocycles. The van der Waals surface area contributed by atoms with E-state index >= 15 is 0 Å². The molecule has 2 N–H and O–H groups in total. The van der Waals surface area contributed by atoms with Gasteiger partial charge in [0.15, 0.2) is 11.4 Å². The number of hydrogen-bond acceptors (Lipinski definition) is 6. The number of piperidine rings is 1. The molecule has 1 saturated heterocycles. The van der Waals surface area contributed by atoms with Crippen LogP contribution in [0.2, 0.25) is 0 Å². The summed E-state index contributed by atoms with van der Waals surface area (Å²) in [5.41, 5.74) is 1.52. The van der Waals surface area contributed by atoms with E-state index in [1.54, 1.807) is 0 Å². The van der Waals surface area contributed by atoms with Crippen molar-refractivity contribution in [3.63, 3.8) is 0 Å². The number of nitriles is 1. The van der Waals surface area contributed by atoms with Crippen LogP contribution in [0.4, 0.5) is 10.5 Å². The predicted molar refractivity (Wildman–Crippen MR) is 118 cm³/mol. The van der Waals surface area contributed by atoms with E-state index in [1.807, 2.05) is 62.4 Å². The molecule has 1 fully saturated rings. The summed E-state index contributed by atoms with van der Waals surface area (Å²) in [5, 5.41) is 15.3. The van der Waals surface area contributed by atoms with Gasteiger partial charge in [0.2, 0.25) is 0 Å². The van der Waals surface area contributed by atoms with Gasteiger partial charge in [-0.15, -0.1) is 0 Å². The van der Waals surface area contributed by atoms with Crippen molar-refractivity contribution in [3.8, 4) is 6.19 Å². The van der Waals surface area contributed by atoms with Gasteiger partial charge in [0.05, 0.1) is 5.69 Å². The van der Waals surface area contributed by atoms with Crippen LogP contribution in [0.3, 0.4) is 0 Å². The highest BCUT2D eigenvalue weighted by atomic mass is 32.2. The maximum atomic E-state index is 12.3. The van der Waals surface area contributed by atoms with E-state index in [0.717, 1.165) is 44.7 Å². The Bertz CT molecular complexity index is 737. The normalized spacial score (nSPS) is 17.6. The lowest BCUT2D eigenvalue weighted by Crippen LogP contribution is -2.44. The predicted octanol–water partition coefficient (Wildman–Crippen LogP) is 3.84. The van der Waals surface area contributed by atoms with Crippen molar-refractivity contribution in [1.29, 1.82) is 5.26 Å². The zero-order chi connectivity index (χ0) is 21.3. The third-order valence-electron chi connectivity index (χ3n) is 4.46. The summed E-state index contributed by atoms with van der Waals surface area (Å²) < 4.78 is 5.49. The van der Waals surface area contributed by atoms with Crippen molar-refractivity contribution >= 4 is 28.7 Å². The number of hydrogen-bond donors (Lipinski definition) is 2. The fourth-order valence-corrected chi connectivity index (χ4v) is 3.47. The number of amidine groups is 1. The molecule has 0 aromatic heterocycles. The second-order valence-corrected chi connectivity index (χ2v) is 8.88. The van der Waals surface area contributed by atoms with Crippen LogP contribution in [0.25, 0.3) is 0 Å². The lowest BCUT2D eigenvalue weighted by atomic mass is 9.98. The molecule has 1 unspecified atom stereocenters. The number of carbonyl (C=O) groups excluding carboxylic acids is 1. The van der Waals surface area contributed by atoms with Gasteiger partial charge >= 0.3 is 6.09 Å². The van der Waals surface area contributed by atoms with Crippen molar-refractivity contribution in [2.24, 2.45) is 10.9 Å². The molecule has 0 aliphatic carbocycles. The zero-order valence-electron chi connectivity index (χ0n) is 17.7. The average molecular weight is 418 g/mol. The summed E-state index contributed by atoms with van der Waals surface area (Å²) >= 11 is 1.40. The van der Waals surface area contributed by atoms with Gasteiger partial charge < -0.3 is 15.0 Å². The third kappa shape index (κ3) is 8.34. The molecule has 2 rings (SSSR count). The molecule has 0 saturated carbocycles. The Morgan fingerprint density at radius 3 is 2.72 bits per heavy atom. The fraction of sp³-hybridized carbons (Fsp3) is 0.571. The largest absolute Gasteiger partial charge is 0.444 e. The first-order chi connectivity index (χ1) is 13.8. The topological polar surface area (TPSA) is 89.8 Å². The minimum Gasteiger partial charge on any atom is -0.444 e. The van der Waals surface area contributed by atoms with Crippen molar-refractivity contribution < 1.29 is 9.53 Å². The fourth-order valence-electron chi connectivity index (χ4n) is 3.12. The quantitative estimate of drug-likeness (QED) is 0.327. The number of aliphatic imine (C=N–C) groups is 1. The van der Waals surface area contributed by atoms with Crippen LogP contribution in [0.1, 0.15) is 39.2 Å². The van der Waals surface area contributed by atoms with Crippen molar-refractivity contribution in [2.75, 3.05) is 25.9 Å². The zero-order valence-corrected chi connectivity index (χ0v) is 18.5. The van der Waals surface area contributed by atoms with Gasteiger partial charge in [0.1, 0.15) is 5.60 Å². The molecule has 1 heterocycles. The Balaban J connectivity index is 1.79. The van der Waals surface area contributed by atoms with Crippen molar-refractivity contribution in [2.45, 2.75) is 45.8 Å². The van der Waals surface area contributed by atoms with E-state index in [9.17, 15) is 4.79 Å². The first-order valence-electron chi connectivity index (χ1n) is 9.86. The highest BCUT2D eigenvalue weighted by Crippen LogP contribution is 2.19. The molecule has 1 aliphatic rings. The molecule has 8 heteroatoms. The molecular formula is C21H31N5O2S. The highest BCUT2D eigenvalue weighted by Gasteiger charge is 2.27. The van der Waals surface area contributed by atoms with E-state index in [-0.39, 0.29) is 6.09 Å². The summed E-state index contributed by atoms with van der Waals surface area (Å²) in [6.07, 6.45) is 5.67. The first kappa shape index (κ1) is 23.0. The lowest BCUT2D eigenvalue weighted by molar-refractivity contribution is 0.0166. The Morgan fingerprint density at radius 1 is 1.38 bits per heavy atom. The Labute approximate surface area is 177 Å². The minimum absolute atomic E-state index is 0.214. The number of nitrogens with one attached hydrogen (secondary N) is 2. The number of ether oxygens (including phenoxy) is 1. The summed E-state index contributed by atoms with van der Waals surface area (Å²) in [5.74, 6) is 0.432. The molecule has 1 aromatic rings. The summed E-state index contributed by atoms with van der Waals surface area (Å²) in [4.78, 5) is 18.5. The van der Waals surface area contributed by atoms with Crippen molar-refractivity contribution in [3.05, 3.63) is 29.8 Å². The molecule has 0 spiro atoms. The molecular weight excluding hydrogens is 386 g/mol. The molecule has 7 nitrogen and oxygen atoms in total. The van der Waals surface area contributed by atoms with Gasteiger partial charge in [-0.2, -0.15) is 5.26 Å². The number of nitrogens with zero attached hydrogens (tertiary/aromatic N) is 3. The van der Waals surface area contributed by atoms with Crippen LogP contribution < -0.4 is 10.6 Å². The smallest absolute Gasteiger partial charge is 0.410 e. The highest BCUT2D eigenvalue weighted by molar-refractivity contribution is 8.13. The molecule has 158 valence electrons. The number of likely N-dealkylation sites (tertiary alicyclic amines) is 1. The maximum absolute atomic E-state index is 12.3. The lowest BCUT2D eigenvalue weighted by Gasteiger charge is -2.34. The SMILES string of the molecule is CSC(=Nc1ccc(CNCC2CCCN(C(=O)OC(C)(C)C)C2)cc1)NC#N. The van der Waals surface area contributed by atoms with Gasteiger partial charge in [-0.25, -0.2) is 9.79 Å². The molecule has 0 bridgehead atoms. The van der Waals surface area contributed by atoms with E-state index in [2.05, 4.69) is 15.6 Å². The van der Waals surface area contributed by atoms with Gasteiger partial charge in [0, 0.05) is 19.6 Å². The van der Waals surface area contributed by atoms with Crippen LogP contribution in [0, 0.1) is 17.4 Å². The van der Waals surface area contributed by atoms with E-state index < -0.39 is 5.60 Å². The molecule has 1 atom stereocenters. The van der Waals surface area contributed by atoms with Crippen LogP contribution in [-0.4, -0.2) is 47.7 Å². The molecule has 0 radical (unpaired) electrons. The number of thioether (sulfide) groups is 1. The van der Waals surface area contributed by atoms with Crippen molar-refractivity contribution in [1.82, 2.24) is 15.5 Å².